The lowest BCUT2D eigenvalue weighted by molar-refractivity contribution is -0.161. The zero-order valence-corrected chi connectivity index (χ0v) is 18.0. The third-order valence-electron chi connectivity index (χ3n) is 3.71. The van der Waals surface area contributed by atoms with Gasteiger partial charge in [-0.1, -0.05) is 46.0 Å². The van der Waals surface area contributed by atoms with Crippen molar-refractivity contribution in [3.05, 3.63) is 0 Å². The fraction of sp³-hybridized carbons (Fsp3) is 0.889. The second-order valence-corrected chi connectivity index (χ2v) is 7.90. The monoisotopic (exact) mass is 425 g/mol. The van der Waals surface area contributed by atoms with Gasteiger partial charge in [-0.05, 0) is 12.8 Å². The van der Waals surface area contributed by atoms with Crippen molar-refractivity contribution in [2.45, 2.75) is 77.7 Å². The fourth-order valence-corrected chi connectivity index (χ4v) is 3.02. The van der Waals surface area contributed by atoms with E-state index in [-0.39, 0.29) is 32.6 Å². The van der Waals surface area contributed by atoms with Gasteiger partial charge in [0.25, 0.3) is 0 Å². The highest BCUT2D eigenvalue weighted by atomic mass is 31.2. The molecule has 0 heterocycles. The quantitative estimate of drug-likeness (QED) is 0.193. The Morgan fingerprint density at radius 1 is 0.929 bits per heavy atom. The molecule has 3 N–H and O–H groups in total. The number of ether oxygens (including phenoxy) is 2. The molecule has 0 aromatic rings. The highest BCUT2D eigenvalue weighted by Crippen LogP contribution is 2.43. The van der Waals surface area contributed by atoms with Crippen molar-refractivity contribution in [1.29, 1.82) is 0 Å². The lowest BCUT2D eigenvalue weighted by Crippen LogP contribution is -2.29. The highest BCUT2D eigenvalue weighted by Gasteiger charge is 2.25. The Morgan fingerprint density at radius 3 is 2.25 bits per heavy atom. The smallest absolute Gasteiger partial charge is 0.462 e. The number of phosphoric ester groups is 1. The fourth-order valence-electron chi connectivity index (χ4n) is 2.26. The van der Waals surface area contributed by atoms with Gasteiger partial charge < -0.3 is 20.1 Å². The summed E-state index contributed by atoms with van der Waals surface area (Å²) in [5, 5.41) is 0. The molecule has 0 fully saturated rings. The molecule has 0 aromatic heterocycles. The van der Waals surface area contributed by atoms with Gasteiger partial charge in [0.05, 0.1) is 13.2 Å². The number of phosphoric acid groups is 1. The number of hydrogen-bond acceptors (Lipinski definition) is 8. The van der Waals surface area contributed by atoms with Crippen LogP contribution < -0.4 is 5.73 Å². The van der Waals surface area contributed by atoms with Gasteiger partial charge in [-0.3, -0.25) is 18.6 Å². The maximum absolute atomic E-state index is 11.8. The zero-order valence-electron chi connectivity index (χ0n) is 17.1. The Balaban J connectivity index is 4.34. The van der Waals surface area contributed by atoms with E-state index in [1.165, 1.54) is 12.8 Å². The highest BCUT2D eigenvalue weighted by molar-refractivity contribution is 7.47. The van der Waals surface area contributed by atoms with Crippen molar-refractivity contribution in [2.24, 2.45) is 5.73 Å². The van der Waals surface area contributed by atoms with Gasteiger partial charge in [0.2, 0.25) is 0 Å². The summed E-state index contributed by atoms with van der Waals surface area (Å²) in [5.41, 5.74) is 5.21. The topological polar surface area (TPSA) is 134 Å². The van der Waals surface area contributed by atoms with Crippen molar-refractivity contribution < 1.29 is 37.6 Å². The number of esters is 2. The average Bonchev–Trinajstić information content (AvgIpc) is 2.65. The lowest BCUT2D eigenvalue weighted by atomic mass is 10.1. The van der Waals surface area contributed by atoms with Crippen molar-refractivity contribution in [2.75, 3.05) is 26.4 Å². The Bertz CT molecular complexity index is 475. The number of rotatable bonds is 18. The van der Waals surface area contributed by atoms with Gasteiger partial charge in [0.1, 0.15) is 6.61 Å². The van der Waals surface area contributed by atoms with E-state index in [2.05, 4.69) is 11.4 Å². The second-order valence-electron chi connectivity index (χ2n) is 6.45. The van der Waals surface area contributed by atoms with Crippen molar-refractivity contribution in [3.8, 4) is 0 Å². The van der Waals surface area contributed by atoms with Crippen molar-refractivity contribution in [1.82, 2.24) is 0 Å². The maximum atomic E-state index is 11.8. The average molecular weight is 425 g/mol. The van der Waals surface area contributed by atoms with Crippen molar-refractivity contribution >= 4 is 19.8 Å². The molecule has 0 rings (SSSR count). The molecule has 0 saturated heterocycles. The standard InChI is InChI=1S/C18H36NO8P/c1-3-5-6-7-8-9-11-17(20)24-14-16(27-18(21)10-4-2)15-26-28(22,23)25-13-12-19/h16H,3-15,19H2,1-2H3,(H,22,23)/t16-/m1/s1. The van der Waals surface area contributed by atoms with Crippen LogP contribution in [0.2, 0.25) is 0 Å². The van der Waals surface area contributed by atoms with Gasteiger partial charge in [-0.15, -0.1) is 0 Å². The summed E-state index contributed by atoms with van der Waals surface area (Å²) in [4.78, 5) is 33.1. The Hall–Kier alpha value is -0.990. The molecule has 0 aliphatic rings. The van der Waals surface area contributed by atoms with Gasteiger partial charge in [0.15, 0.2) is 6.10 Å². The summed E-state index contributed by atoms with van der Waals surface area (Å²) in [7, 11) is -4.31. The van der Waals surface area contributed by atoms with Crippen LogP contribution in [0, 0.1) is 0 Å². The van der Waals surface area contributed by atoms with Gasteiger partial charge in [-0.2, -0.15) is 0 Å². The van der Waals surface area contributed by atoms with E-state index in [0.717, 1.165) is 25.7 Å². The van der Waals surface area contributed by atoms with Crippen LogP contribution in [0.5, 0.6) is 0 Å². The first-order valence-electron chi connectivity index (χ1n) is 10.0. The molecule has 0 amide bonds. The summed E-state index contributed by atoms with van der Waals surface area (Å²) < 4.78 is 31.4. The van der Waals surface area contributed by atoms with Crippen LogP contribution >= 0.6 is 7.82 Å². The SMILES string of the molecule is CCCCCCCCC(=O)OC[C@H](COP(=O)(O)OCCN)OC(=O)CCC. The first-order valence-corrected chi connectivity index (χ1v) is 11.5. The van der Waals surface area contributed by atoms with Crippen LogP contribution in [0.3, 0.4) is 0 Å². The van der Waals surface area contributed by atoms with Gasteiger partial charge >= 0.3 is 19.8 Å². The predicted octanol–water partition coefficient (Wildman–Crippen LogP) is 3.08. The number of hydrogen-bond donors (Lipinski definition) is 2. The molecule has 0 bridgehead atoms. The Morgan fingerprint density at radius 2 is 1.61 bits per heavy atom. The molecular formula is C18H36NO8P. The summed E-state index contributed by atoms with van der Waals surface area (Å²) in [5.74, 6) is -0.905. The minimum Gasteiger partial charge on any atom is -0.462 e. The third kappa shape index (κ3) is 16.0. The maximum Gasteiger partial charge on any atom is 0.472 e. The van der Waals surface area contributed by atoms with Crippen LogP contribution in [0.15, 0.2) is 0 Å². The first kappa shape index (κ1) is 27.0. The molecule has 0 spiro atoms. The van der Waals surface area contributed by atoms with Crippen LogP contribution in [0.1, 0.15) is 71.6 Å². The summed E-state index contributed by atoms with van der Waals surface area (Å²) in [6.45, 7) is 3.18. The lowest BCUT2D eigenvalue weighted by Gasteiger charge is -2.19. The summed E-state index contributed by atoms with van der Waals surface area (Å²) in [6, 6.07) is 0. The van der Waals surface area contributed by atoms with E-state index in [1.54, 1.807) is 0 Å². The molecule has 0 saturated carbocycles. The number of carbonyl (C=O) groups excluding carboxylic acids is 2. The van der Waals surface area contributed by atoms with Crippen LogP contribution in [0.25, 0.3) is 0 Å². The van der Waals surface area contributed by atoms with Crippen LogP contribution in [-0.4, -0.2) is 49.3 Å². The van der Waals surface area contributed by atoms with E-state index >= 15 is 0 Å². The van der Waals surface area contributed by atoms with Crippen LogP contribution in [0.4, 0.5) is 0 Å². The molecule has 9 nitrogen and oxygen atoms in total. The molecule has 2 atom stereocenters. The van der Waals surface area contributed by atoms with E-state index in [0.29, 0.717) is 6.42 Å². The first-order chi connectivity index (χ1) is 13.3. The molecule has 0 radical (unpaired) electrons. The van der Waals surface area contributed by atoms with E-state index < -0.39 is 32.5 Å². The summed E-state index contributed by atoms with van der Waals surface area (Å²) >= 11 is 0. The van der Waals surface area contributed by atoms with E-state index in [1.807, 2.05) is 6.92 Å². The molecule has 28 heavy (non-hydrogen) atoms. The predicted molar refractivity (Wildman–Crippen MR) is 105 cm³/mol. The summed E-state index contributed by atoms with van der Waals surface area (Å²) in [6.07, 6.45) is 6.35. The number of unbranched alkanes of at least 4 members (excludes halogenated alkanes) is 5. The van der Waals surface area contributed by atoms with Gasteiger partial charge in [0, 0.05) is 19.4 Å². The number of carbonyl (C=O) groups is 2. The second kappa shape index (κ2) is 16.9. The van der Waals surface area contributed by atoms with Gasteiger partial charge in [-0.25, -0.2) is 4.57 Å². The molecular weight excluding hydrogens is 389 g/mol. The van der Waals surface area contributed by atoms with E-state index in [4.69, 9.17) is 19.7 Å². The number of nitrogens with two attached hydrogens (primary N) is 1. The minimum atomic E-state index is -4.31. The molecule has 10 heteroatoms. The Kier molecular flexibility index (Phi) is 16.3. The largest absolute Gasteiger partial charge is 0.472 e. The normalized spacial score (nSPS) is 14.3. The van der Waals surface area contributed by atoms with E-state index in [9.17, 15) is 19.0 Å². The third-order valence-corrected chi connectivity index (χ3v) is 4.70. The minimum absolute atomic E-state index is 0.0544. The zero-order chi connectivity index (χ0) is 21.3. The van der Waals surface area contributed by atoms with Crippen LogP contribution in [-0.2, 0) is 32.7 Å². The molecule has 0 aromatic carbocycles. The molecule has 0 aliphatic carbocycles. The molecule has 0 aliphatic heterocycles. The Labute approximate surface area is 167 Å². The molecule has 1 unspecified atom stereocenters. The molecule has 166 valence electrons. The van der Waals surface area contributed by atoms with Crippen molar-refractivity contribution in [3.63, 3.8) is 0 Å².